The van der Waals surface area contributed by atoms with Crippen molar-refractivity contribution in [2.75, 3.05) is 0 Å². The van der Waals surface area contributed by atoms with Crippen LogP contribution < -0.4 is 0 Å². The van der Waals surface area contributed by atoms with Crippen LogP contribution >= 0.6 is 20.8 Å². The Morgan fingerprint density at radius 2 is 1.93 bits per heavy atom. The van der Waals surface area contributed by atoms with Gasteiger partial charge in [0.25, 0.3) is 0 Å². The summed E-state index contributed by atoms with van der Waals surface area (Å²) in [5, 5.41) is 0.766. The molecule has 1 aromatic heterocycles. The molecule has 0 amide bonds. The lowest BCUT2D eigenvalue weighted by molar-refractivity contribution is 0.509. The molecule has 0 spiro atoms. The highest BCUT2D eigenvalue weighted by Crippen LogP contribution is 2.40. The number of pyridine rings is 1. The Hall–Kier alpha value is -0.130. The molecule has 0 saturated carbocycles. The average molecular weight is 244 g/mol. The molecule has 1 atom stereocenters. The minimum Gasteiger partial charge on any atom is -0.245 e. The van der Waals surface area contributed by atoms with Gasteiger partial charge in [0, 0.05) is 11.4 Å². The van der Waals surface area contributed by atoms with Gasteiger partial charge in [0.1, 0.15) is 5.15 Å². The molecule has 1 rings (SSSR count). The van der Waals surface area contributed by atoms with Crippen LogP contribution in [-0.2, 0) is 5.16 Å². The van der Waals surface area contributed by atoms with E-state index >= 15 is 0 Å². The molecule has 0 aliphatic rings. The quantitative estimate of drug-likeness (QED) is 0.552. The molecule has 0 fully saturated rings. The van der Waals surface area contributed by atoms with E-state index in [0.717, 1.165) is 0 Å². The predicted molar refractivity (Wildman–Crippen MR) is 70.5 cm³/mol. The molecule has 0 aromatic carbocycles. The van der Waals surface area contributed by atoms with Gasteiger partial charge in [0.2, 0.25) is 0 Å². The highest BCUT2D eigenvalue weighted by molar-refractivity contribution is 7.18. The van der Waals surface area contributed by atoms with Gasteiger partial charge in [0.15, 0.2) is 0 Å². The molecule has 84 valence electrons. The zero-order chi connectivity index (χ0) is 11.3. The van der Waals surface area contributed by atoms with Gasteiger partial charge in [-0.25, -0.2) is 4.98 Å². The van der Waals surface area contributed by atoms with E-state index in [1.165, 1.54) is 31.2 Å². The standard InChI is InChI=1S/C12H19ClNP/c1-3-6-12(15,7-4-2)10-5-8-14-11(13)9-10/h5,8-9H,3-4,6-7,15H2,1-2H3. The summed E-state index contributed by atoms with van der Waals surface area (Å²) >= 11 is 5.93. The zero-order valence-electron chi connectivity index (χ0n) is 9.46. The largest absolute Gasteiger partial charge is 0.245 e. The first-order chi connectivity index (χ1) is 7.12. The topological polar surface area (TPSA) is 12.9 Å². The van der Waals surface area contributed by atoms with Crippen molar-refractivity contribution in [1.29, 1.82) is 0 Å². The predicted octanol–water partition coefficient (Wildman–Crippen LogP) is 4.41. The minimum atomic E-state index is 0.177. The van der Waals surface area contributed by atoms with Crippen molar-refractivity contribution >= 4 is 20.8 Å². The molecule has 0 bridgehead atoms. The summed E-state index contributed by atoms with van der Waals surface area (Å²) in [6.07, 6.45) is 6.51. The van der Waals surface area contributed by atoms with E-state index in [9.17, 15) is 0 Å². The highest BCUT2D eigenvalue weighted by Gasteiger charge is 2.25. The van der Waals surface area contributed by atoms with Crippen LogP contribution in [0.2, 0.25) is 5.15 Å². The third kappa shape index (κ3) is 3.43. The van der Waals surface area contributed by atoms with E-state index in [2.05, 4.69) is 34.1 Å². The summed E-state index contributed by atoms with van der Waals surface area (Å²) in [7, 11) is 3.01. The first-order valence-electron chi connectivity index (χ1n) is 5.53. The van der Waals surface area contributed by atoms with Crippen LogP contribution in [0, 0.1) is 0 Å². The molecule has 0 N–H and O–H groups in total. The lowest BCUT2D eigenvalue weighted by atomic mass is 9.90. The van der Waals surface area contributed by atoms with Crippen molar-refractivity contribution in [3.63, 3.8) is 0 Å². The summed E-state index contributed by atoms with van der Waals surface area (Å²) in [4.78, 5) is 4.03. The second kappa shape index (κ2) is 5.82. The number of hydrogen-bond acceptors (Lipinski definition) is 1. The van der Waals surface area contributed by atoms with Gasteiger partial charge in [0.05, 0.1) is 0 Å². The Labute approximate surface area is 99.8 Å². The van der Waals surface area contributed by atoms with E-state index in [1.807, 2.05) is 6.07 Å². The van der Waals surface area contributed by atoms with Crippen molar-refractivity contribution in [3.05, 3.63) is 29.0 Å². The average Bonchev–Trinajstić information content (AvgIpc) is 2.18. The Morgan fingerprint density at radius 3 is 2.40 bits per heavy atom. The van der Waals surface area contributed by atoms with Crippen LogP contribution in [0.15, 0.2) is 18.3 Å². The SMILES string of the molecule is CCCC(P)(CCC)c1ccnc(Cl)c1. The van der Waals surface area contributed by atoms with E-state index < -0.39 is 0 Å². The Balaban J connectivity index is 2.97. The lowest BCUT2D eigenvalue weighted by Crippen LogP contribution is -2.17. The number of aromatic nitrogens is 1. The normalized spacial score (nSPS) is 11.7. The molecular weight excluding hydrogens is 225 g/mol. The number of hydrogen-bond donors (Lipinski definition) is 0. The first kappa shape index (κ1) is 12.9. The van der Waals surface area contributed by atoms with Crippen LogP contribution in [0.25, 0.3) is 0 Å². The van der Waals surface area contributed by atoms with Gasteiger partial charge in [-0.1, -0.05) is 38.3 Å². The molecule has 1 heterocycles. The van der Waals surface area contributed by atoms with E-state index in [-0.39, 0.29) is 5.16 Å². The fraction of sp³-hybridized carbons (Fsp3) is 0.583. The third-order valence-electron chi connectivity index (χ3n) is 2.69. The van der Waals surface area contributed by atoms with Gasteiger partial charge >= 0.3 is 0 Å². The molecule has 0 saturated heterocycles. The molecule has 1 aromatic rings. The van der Waals surface area contributed by atoms with Crippen molar-refractivity contribution < 1.29 is 0 Å². The number of rotatable bonds is 5. The van der Waals surface area contributed by atoms with Crippen LogP contribution in [0.5, 0.6) is 0 Å². The maximum absolute atomic E-state index is 5.93. The molecule has 15 heavy (non-hydrogen) atoms. The molecular formula is C12H19ClNP. The molecule has 0 aliphatic heterocycles. The maximum Gasteiger partial charge on any atom is 0.129 e. The molecule has 3 heteroatoms. The molecule has 1 unspecified atom stereocenters. The molecule has 0 radical (unpaired) electrons. The minimum absolute atomic E-state index is 0.177. The summed E-state index contributed by atoms with van der Waals surface area (Å²) in [6, 6.07) is 4.06. The van der Waals surface area contributed by atoms with E-state index in [0.29, 0.717) is 5.15 Å². The lowest BCUT2D eigenvalue weighted by Gasteiger charge is -2.29. The van der Waals surface area contributed by atoms with Gasteiger partial charge in [-0.15, -0.1) is 9.24 Å². The van der Waals surface area contributed by atoms with Gasteiger partial charge < -0.3 is 0 Å². The van der Waals surface area contributed by atoms with Crippen LogP contribution in [0.3, 0.4) is 0 Å². The Kier molecular flexibility index (Phi) is 5.02. The second-order valence-corrected chi connectivity index (χ2v) is 5.52. The van der Waals surface area contributed by atoms with Crippen LogP contribution in [-0.4, -0.2) is 4.98 Å². The van der Waals surface area contributed by atoms with Gasteiger partial charge in [-0.05, 0) is 30.5 Å². The monoisotopic (exact) mass is 243 g/mol. The molecule has 1 nitrogen and oxygen atoms in total. The van der Waals surface area contributed by atoms with Crippen molar-refractivity contribution in [3.8, 4) is 0 Å². The summed E-state index contributed by atoms with van der Waals surface area (Å²) < 4.78 is 0. The second-order valence-electron chi connectivity index (χ2n) is 4.02. The van der Waals surface area contributed by atoms with Gasteiger partial charge in [-0.2, -0.15) is 0 Å². The summed E-state index contributed by atoms with van der Waals surface area (Å²) in [5.41, 5.74) is 1.29. The fourth-order valence-electron chi connectivity index (χ4n) is 2.02. The van der Waals surface area contributed by atoms with Crippen molar-refractivity contribution in [2.45, 2.75) is 44.7 Å². The van der Waals surface area contributed by atoms with Crippen LogP contribution in [0.1, 0.15) is 45.1 Å². The summed E-state index contributed by atoms with van der Waals surface area (Å²) in [5.74, 6) is 0. The molecule has 0 aliphatic carbocycles. The smallest absolute Gasteiger partial charge is 0.129 e. The first-order valence-corrected chi connectivity index (χ1v) is 6.49. The number of nitrogens with zero attached hydrogens (tertiary/aromatic N) is 1. The maximum atomic E-state index is 5.93. The van der Waals surface area contributed by atoms with Gasteiger partial charge in [-0.3, -0.25) is 0 Å². The van der Waals surface area contributed by atoms with Crippen molar-refractivity contribution in [2.24, 2.45) is 0 Å². The summed E-state index contributed by atoms with van der Waals surface area (Å²) in [6.45, 7) is 4.44. The van der Waals surface area contributed by atoms with Crippen molar-refractivity contribution in [1.82, 2.24) is 4.98 Å². The van der Waals surface area contributed by atoms with Crippen LogP contribution in [0.4, 0.5) is 0 Å². The third-order valence-corrected chi connectivity index (χ3v) is 3.81. The Morgan fingerprint density at radius 1 is 1.33 bits per heavy atom. The van der Waals surface area contributed by atoms with E-state index in [4.69, 9.17) is 11.6 Å². The Bertz CT molecular complexity index is 308. The highest BCUT2D eigenvalue weighted by atomic mass is 35.5. The van der Waals surface area contributed by atoms with E-state index in [1.54, 1.807) is 6.20 Å². The zero-order valence-corrected chi connectivity index (χ0v) is 11.4. The fourth-order valence-corrected chi connectivity index (χ4v) is 2.95. The number of halogens is 1.